The van der Waals surface area contributed by atoms with Crippen LogP contribution in [0, 0.1) is 13.8 Å². The monoisotopic (exact) mass is 211 g/mol. The van der Waals surface area contributed by atoms with Gasteiger partial charge in [0.15, 0.2) is 0 Å². The maximum atomic E-state index is 9.95. The van der Waals surface area contributed by atoms with Gasteiger partial charge < -0.3 is 0 Å². The molecule has 0 saturated carbocycles. The molecule has 0 spiro atoms. The van der Waals surface area contributed by atoms with E-state index >= 15 is 0 Å². The van der Waals surface area contributed by atoms with Crippen molar-refractivity contribution in [1.29, 1.82) is 0 Å². The summed E-state index contributed by atoms with van der Waals surface area (Å²) in [5.41, 5.74) is 5.66. The normalized spacial score (nSPS) is 10.0. The van der Waals surface area contributed by atoms with Crippen molar-refractivity contribution in [1.82, 2.24) is 0 Å². The number of hydrogen-bond donors (Lipinski definition) is 0. The van der Waals surface area contributed by atoms with E-state index in [1.54, 1.807) is 5.62 Å². The molecule has 0 amide bonds. The first kappa shape index (κ1) is 10.7. The minimum atomic E-state index is 0.867. The Bertz CT molecular complexity index is 297. The zero-order valence-corrected chi connectivity index (χ0v) is 9.30. The molecule has 0 aliphatic heterocycles. The van der Waals surface area contributed by atoms with Crippen molar-refractivity contribution in [3.63, 3.8) is 0 Å². The molecule has 1 aromatic carbocycles. The van der Waals surface area contributed by atoms with Gasteiger partial charge in [0.1, 0.15) is 0 Å². The minimum Gasteiger partial charge on any atom is -0.276 e. The second-order valence-corrected chi connectivity index (χ2v) is 4.92. The van der Waals surface area contributed by atoms with Gasteiger partial charge in [-0.3, -0.25) is 4.79 Å². The molecule has 0 heterocycles. The highest BCUT2D eigenvalue weighted by atomic mass is 33.1. The third-order valence-electron chi connectivity index (χ3n) is 1.81. The first-order chi connectivity index (χ1) is 6.24. The lowest BCUT2D eigenvalue weighted by atomic mass is 10.1. The number of aryl methyl sites for hydroxylation is 2. The van der Waals surface area contributed by atoms with Crippen LogP contribution in [0.2, 0.25) is 0 Å². The summed E-state index contributed by atoms with van der Waals surface area (Å²) in [5.74, 6) is 0.867. The third-order valence-corrected chi connectivity index (χ3v) is 3.33. The van der Waals surface area contributed by atoms with Crippen LogP contribution < -0.4 is 0 Å². The van der Waals surface area contributed by atoms with Crippen LogP contribution in [-0.2, 0) is 10.5 Å². The van der Waals surface area contributed by atoms with E-state index in [0.29, 0.717) is 0 Å². The number of hydrogen-bond acceptors (Lipinski definition) is 3. The Morgan fingerprint density at radius 2 is 2.15 bits per heavy atom. The van der Waals surface area contributed by atoms with Crippen LogP contribution in [0.5, 0.6) is 0 Å². The van der Waals surface area contributed by atoms with Gasteiger partial charge in [-0.1, -0.05) is 34.6 Å². The Kier molecular flexibility index (Phi) is 4.39. The summed E-state index contributed by atoms with van der Waals surface area (Å²) in [6.45, 7) is 4.18. The predicted molar refractivity (Wildman–Crippen MR) is 60.5 cm³/mol. The smallest absolute Gasteiger partial charge is 0.276 e. The predicted octanol–water partition coefficient (Wildman–Crippen LogP) is 3.25. The number of rotatable bonds is 4. The quantitative estimate of drug-likeness (QED) is 0.562. The standard InChI is InChI=1S/C10H11OS2/c1-8-3-4-10(9(2)5-8)6-12-13-7-11/h3-5H,6H2,1-2H3. The summed E-state index contributed by atoms with van der Waals surface area (Å²) < 4.78 is 0. The largest absolute Gasteiger partial charge is 0.277 e. The van der Waals surface area contributed by atoms with E-state index in [0.717, 1.165) is 16.5 Å². The van der Waals surface area contributed by atoms with Crippen LogP contribution in [0.25, 0.3) is 0 Å². The SMILES string of the molecule is Cc1ccc(CSS[C]=O)c(C)c1. The Morgan fingerprint density at radius 1 is 1.38 bits per heavy atom. The van der Waals surface area contributed by atoms with E-state index in [-0.39, 0.29) is 0 Å². The molecule has 0 aliphatic rings. The molecule has 0 fully saturated rings. The summed E-state index contributed by atoms with van der Waals surface area (Å²) in [4.78, 5) is 9.95. The maximum absolute atomic E-state index is 9.95. The molecule has 1 rings (SSSR count). The fraction of sp³-hybridized carbons (Fsp3) is 0.300. The van der Waals surface area contributed by atoms with Gasteiger partial charge in [0.05, 0.1) is 0 Å². The molecule has 0 atom stereocenters. The molecular formula is C10H11OS2. The summed E-state index contributed by atoms with van der Waals surface area (Å²) in [6.07, 6.45) is 0. The van der Waals surface area contributed by atoms with Crippen molar-refractivity contribution in [2.24, 2.45) is 0 Å². The zero-order valence-electron chi connectivity index (χ0n) is 7.66. The highest BCUT2D eigenvalue weighted by molar-refractivity contribution is 8.81. The highest BCUT2D eigenvalue weighted by Crippen LogP contribution is 2.25. The molecule has 0 N–H and O–H groups in total. The van der Waals surface area contributed by atoms with Crippen molar-refractivity contribution in [3.8, 4) is 0 Å². The summed E-state index contributed by atoms with van der Waals surface area (Å²) in [7, 11) is 2.65. The van der Waals surface area contributed by atoms with Crippen LogP contribution >= 0.6 is 21.6 Å². The van der Waals surface area contributed by atoms with E-state index in [1.165, 1.54) is 27.5 Å². The zero-order chi connectivity index (χ0) is 9.68. The number of benzene rings is 1. The van der Waals surface area contributed by atoms with Gasteiger partial charge >= 0.3 is 0 Å². The van der Waals surface area contributed by atoms with Gasteiger partial charge in [0, 0.05) is 5.75 Å². The molecule has 1 nitrogen and oxygen atoms in total. The lowest BCUT2D eigenvalue weighted by molar-refractivity contribution is 0.570. The van der Waals surface area contributed by atoms with Gasteiger partial charge in [0.2, 0.25) is 0 Å². The van der Waals surface area contributed by atoms with Crippen LogP contribution in [-0.4, -0.2) is 5.62 Å². The van der Waals surface area contributed by atoms with Crippen LogP contribution in [0.15, 0.2) is 18.2 Å². The van der Waals surface area contributed by atoms with Crippen LogP contribution in [0.3, 0.4) is 0 Å². The molecular weight excluding hydrogens is 200 g/mol. The third kappa shape index (κ3) is 3.44. The molecule has 13 heavy (non-hydrogen) atoms. The Labute approximate surface area is 86.7 Å². The van der Waals surface area contributed by atoms with Gasteiger partial charge in [-0.15, -0.1) is 0 Å². The Morgan fingerprint density at radius 3 is 2.77 bits per heavy atom. The molecule has 1 aromatic rings. The van der Waals surface area contributed by atoms with Gasteiger partial charge in [-0.25, -0.2) is 0 Å². The van der Waals surface area contributed by atoms with E-state index in [1.807, 2.05) is 0 Å². The fourth-order valence-corrected chi connectivity index (χ4v) is 2.38. The van der Waals surface area contributed by atoms with Crippen LogP contribution in [0.4, 0.5) is 0 Å². The Balaban J connectivity index is 2.61. The van der Waals surface area contributed by atoms with Gasteiger partial charge in [-0.2, -0.15) is 0 Å². The second kappa shape index (κ2) is 5.35. The average molecular weight is 211 g/mol. The van der Waals surface area contributed by atoms with Crippen molar-refractivity contribution >= 4 is 27.2 Å². The van der Waals surface area contributed by atoms with E-state index in [2.05, 4.69) is 32.0 Å². The summed E-state index contributed by atoms with van der Waals surface area (Å²) in [6, 6.07) is 6.37. The number of carbonyl (C=O) groups excluding carboxylic acids is 1. The lowest BCUT2D eigenvalue weighted by Crippen LogP contribution is -1.86. The van der Waals surface area contributed by atoms with E-state index in [4.69, 9.17) is 0 Å². The molecule has 0 saturated heterocycles. The topological polar surface area (TPSA) is 17.1 Å². The molecule has 0 aromatic heterocycles. The minimum absolute atomic E-state index is 0.867. The average Bonchev–Trinajstić information content (AvgIpc) is 2.09. The molecule has 0 bridgehead atoms. The first-order valence-electron chi connectivity index (χ1n) is 3.96. The van der Waals surface area contributed by atoms with Gasteiger partial charge in [-0.05, 0) is 35.8 Å². The first-order valence-corrected chi connectivity index (χ1v) is 6.27. The molecule has 3 heteroatoms. The summed E-state index contributed by atoms with van der Waals surface area (Å²) in [5, 5.41) is 0. The molecule has 69 valence electrons. The summed E-state index contributed by atoms with van der Waals surface area (Å²) >= 11 is 0. The van der Waals surface area contributed by atoms with Crippen molar-refractivity contribution in [3.05, 3.63) is 34.9 Å². The molecule has 1 radical (unpaired) electrons. The van der Waals surface area contributed by atoms with Crippen molar-refractivity contribution < 1.29 is 4.79 Å². The molecule has 0 unspecified atom stereocenters. The maximum Gasteiger partial charge on any atom is 0.277 e. The van der Waals surface area contributed by atoms with Crippen molar-refractivity contribution in [2.45, 2.75) is 19.6 Å². The van der Waals surface area contributed by atoms with Crippen LogP contribution in [0.1, 0.15) is 16.7 Å². The van der Waals surface area contributed by atoms with Crippen molar-refractivity contribution in [2.75, 3.05) is 0 Å². The second-order valence-electron chi connectivity index (χ2n) is 2.86. The molecule has 0 aliphatic carbocycles. The van der Waals surface area contributed by atoms with E-state index in [9.17, 15) is 4.79 Å². The lowest BCUT2D eigenvalue weighted by Gasteiger charge is -2.04. The fourth-order valence-electron chi connectivity index (χ4n) is 1.12. The Hall–Kier alpha value is -0.410. The highest BCUT2D eigenvalue weighted by Gasteiger charge is 1.98. The van der Waals surface area contributed by atoms with E-state index < -0.39 is 0 Å². The van der Waals surface area contributed by atoms with Gasteiger partial charge in [0.25, 0.3) is 5.62 Å².